The molecule has 0 heterocycles. The van der Waals surface area contributed by atoms with Crippen LogP contribution in [0.5, 0.6) is 0 Å². The van der Waals surface area contributed by atoms with Crippen LogP contribution < -0.4 is 0 Å². The molecule has 0 amide bonds. The van der Waals surface area contributed by atoms with Crippen LogP contribution in [0.4, 0.5) is 4.39 Å². The third-order valence-corrected chi connectivity index (χ3v) is 3.43. The van der Waals surface area contributed by atoms with Gasteiger partial charge in [0.15, 0.2) is 0 Å². The van der Waals surface area contributed by atoms with Gasteiger partial charge in [-0.3, -0.25) is 4.90 Å². The molecule has 0 atom stereocenters. The Morgan fingerprint density at radius 3 is 2.56 bits per heavy atom. The van der Waals surface area contributed by atoms with Crippen molar-refractivity contribution in [3.05, 3.63) is 34.1 Å². The first-order chi connectivity index (χ1) is 7.54. The quantitative estimate of drug-likeness (QED) is 0.718. The van der Waals surface area contributed by atoms with Crippen LogP contribution >= 0.6 is 31.9 Å². The predicted octanol–water partition coefficient (Wildman–Crippen LogP) is 4.19. The second-order valence-electron chi connectivity index (χ2n) is 4.00. The van der Waals surface area contributed by atoms with Crippen LogP contribution in [0.15, 0.2) is 22.7 Å². The lowest BCUT2D eigenvalue weighted by Crippen LogP contribution is -2.31. The highest BCUT2D eigenvalue weighted by atomic mass is 79.9. The Kier molecular flexibility index (Phi) is 5.94. The molecule has 4 heteroatoms. The molecule has 0 bridgehead atoms. The second kappa shape index (κ2) is 6.72. The summed E-state index contributed by atoms with van der Waals surface area (Å²) in [7, 11) is 0. The Morgan fingerprint density at radius 1 is 1.38 bits per heavy atom. The minimum Gasteiger partial charge on any atom is -0.296 e. The molecule has 16 heavy (non-hydrogen) atoms. The van der Waals surface area contributed by atoms with Gasteiger partial charge in [0.05, 0.1) is 4.47 Å². The molecule has 0 aliphatic rings. The van der Waals surface area contributed by atoms with Gasteiger partial charge >= 0.3 is 0 Å². The first-order valence-electron chi connectivity index (χ1n) is 5.28. The smallest absolute Gasteiger partial charge is 0.137 e. The fraction of sp³-hybridized carbons (Fsp3) is 0.500. The van der Waals surface area contributed by atoms with E-state index < -0.39 is 0 Å². The molecule has 0 N–H and O–H groups in total. The maximum absolute atomic E-state index is 13.1. The van der Waals surface area contributed by atoms with Gasteiger partial charge in [0.2, 0.25) is 0 Å². The number of hydrogen-bond donors (Lipinski definition) is 0. The zero-order chi connectivity index (χ0) is 12.1. The van der Waals surface area contributed by atoms with Crippen LogP contribution in [0.1, 0.15) is 19.4 Å². The summed E-state index contributed by atoms with van der Waals surface area (Å²) in [6.45, 7) is 6.18. The number of nitrogens with zero attached hydrogens (tertiary/aromatic N) is 1. The van der Waals surface area contributed by atoms with Crippen LogP contribution in [0.2, 0.25) is 0 Å². The van der Waals surface area contributed by atoms with Crippen molar-refractivity contribution in [3.63, 3.8) is 0 Å². The van der Waals surface area contributed by atoms with E-state index in [9.17, 15) is 4.39 Å². The summed E-state index contributed by atoms with van der Waals surface area (Å²) < 4.78 is 13.6. The first-order valence-corrected chi connectivity index (χ1v) is 7.20. The molecule has 0 saturated carbocycles. The van der Waals surface area contributed by atoms with Crippen molar-refractivity contribution < 1.29 is 4.39 Å². The summed E-state index contributed by atoms with van der Waals surface area (Å²) in [6.07, 6.45) is 0. The lowest BCUT2D eigenvalue weighted by Gasteiger charge is -2.25. The van der Waals surface area contributed by atoms with Gasteiger partial charge in [0.1, 0.15) is 5.82 Å². The van der Waals surface area contributed by atoms with Crippen molar-refractivity contribution >= 4 is 31.9 Å². The van der Waals surface area contributed by atoms with Crippen LogP contribution in [0.3, 0.4) is 0 Å². The Balaban J connectivity index is 2.73. The molecule has 0 fully saturated rings. The van der Waals surface area contributed by atoms with Gasteiger partial charge in [0, 0.05) is 24.5 Å². The van der Waals surface area contributed by atoms with E-state index in [0.29, 0.717) is 10.5 Å². The van der Waals surface area contributed by atoms with Crippen molar-refractivity contribution in [2.75, 3.05) is 11.9 Å². The number of benzene rings is 1. The number of rotatable bonds is 5. The highest BCUT2D eigenvalue weighted by Gasteiger charge is 2.10. The van der Waals surface area contributed by atoms with E-state index in [1.807, 2.05) is 12.1 Å². The monoisotopic (exact) mass is 351 g/mol. The maximum Gasteiger partial charge on any atom is 0.137 e. The van der Waals surface area contributed by atoms with Gasteiger partial charge in [-0.1, -0.05) is 22.0 Å². The highest BCUT2D eigenvalue weighted by molar-refractivity contribution is 9.10. The van der Waals surface area contributed by atoms with Gasteiger partial charge in [-0.2, -0.15) is 0 Å². The van der Waals surface area contributed by atoms with Crippen LogP contribution in [0, 0.1) is 5.82 Å². The fourth-order valence-corrected chi connectivity index (χ4v) is 2.38. The summed E-state index contributed by atoms with van der Waals surface area (Å²) in [5.41, 5.74) is 1.13. The van der Waals surface area contributed by atoms with Crippen molar-refractivity contribution in [1.82, 2.24) is 4.90 Å². The minimum atomic E-state index is -0.208. The second-order valence-corrected chi connectivity index (χ2v) is 5.65. The molecule has 0 unspecified atom stereocenters. The molecule has 0 aliphatic heterocycles. The lowest BCUT2D eigenvalue weighted by atomic mass is 10.2. The number of halogens is 3. The highest BCUT2D eigenvalue weighted by Crippen LogP contribution is 2.18. The molecule has 0 aliphatic carbocycles. The topological polar surface area (TPSA) is 3.24 Å². The lowest BCUT2D eigenvalue weighted by molar-refractivity contribution is 0.227. The molecule has 0 saturated heterocycles. The normalized spacial score (nSPS) is 11.4. The largest absolute Gasteiger partial charge is 0.296 e. The third kappa shape index (κ3) is 4.15. The van der Waals surface area contributed by atoms with E-state index >= 15 is 0 Å². The Morgan fingerprint density at radius 2 is 2.06 bits per heavy atom. The third-order valence-electron chi connectivity index (χ3n) is 2.47. The van der Waals surface area contributed by atoms with E-state index in [-0.39, 0.29) is 5.82 Å². The zero-order valence-corrected chi connectivity index (χ0v) is 12.7. The molecule has 1 rings (SSSR count). The fourth-order valence-electron chi connectivity index (χ4n) is 1.50. The standard InChI is InChI=1S/C12H16Br2FN/c1-9(2)16(6-5-13)8-10-3-4-12(15)11(14)7-10/h3-4,7,9H,5-6,8H2,1-2H3. The Bertz CT molecular complexity index is 342. The van der Waals surface area contributed by atoms with Crippen LogP contribution in [0.25, 0.3) is 0 Å². The van der Waals surface area contributed by atoms with Crippen molar-refractivity contribution in [2.45, 2.75) is 26.4 Å². The summed E-state index contributed by atoms with van der Waals surface area (Å²) in [5.74, 6) is -0.208. The Hall–Kier alpha value is 0.0700. The van der Waals surface area contributed by atoms with E-state index in [1.165, 1.54) is 6.07 Å². The van der Waals surface area contributed by atoms with Gasteiger partial charge in [0.25, 0.3) is 0 Å². The predicted molar refractivity (Wildman–Crippen MR) is 73.4 cm³/mol. The summed E-state index contributed by atoms with van der Waals surface area (Å²) in [6, 6.07) is 5.68. The summed E-state index contributed by atoms with van der Waals surface area (Å²) >= 11 is 6.66. The van der Waals surface area contributed by atoms with E-state index in [2.05, 4.69) is 50.6 Å². The van der Waals surface area contributed by atoms with Crippen LogP contribution in [-0.4, -0.2) is 22.8 Å². The van der Waals surface area contributed by atoms with E-state index in [4.69, 9.17) is 0 Å². The van der Waals surface area contributed by atoms with E-state index in [1.54, 1.807) is 0 Å². The molecular weight excluding hydrogens is 337 g/mol. The number of hydrogen-bond acceptors (Lipinski definition) is 1. The molecule has 1 nitrogen and oxygen atoms in total. The molecule has 1 aromatic rings. The molecule has 90 valence electrons. The molecular formula is C12H16Br2FN. The van der Waals surface area contributed by atoms with Crippen molar-refractivity contribution in [3.8, 4) is 0 Å². The average Bonchev–Trinajstić information content (AvgIpc) is 2.22. The van der Waals surface area contributed by atoms with Gasteiger partial charge in [-0.15, -0.1) is 0 Å². The molecule has 1 aromatic carbocycles. The molecule has 0 spiro atoms. The molecule has 0 aromatic heterocycles. The zero-order valence-electron chi connectivity index (χ0n) is 9.51. The minimum absolute atomic E-state index is 0.208. The van der Waals surface area contributed by atoms with Gasteiger partial charge < -0.3 is 0 Å². The SMILES string of the molecule is CC(C)N(CCBr)Cc1ccc(F)c(Br)c1. The maximum atomic E-state index is 13.1. The first kappa shape index (κ1) is 14.1. The van der Waals surface area contributed by atoms with Crippen molar-refractivity contribution in [2.24, 2.45) is 0 Å². The van der Waals surface area contributed by atoms with Crippen LogP contribution in [-0.2, 0) is 6.54 Å². The average molecular weight is 353 g/mol. The summed E-state index contributed by atoms with van der Waals surface area (Å²) in [4.78, 5) is 2.34. The Labute approximate surface area is 113 Å². The van der Waals surface area contributed by atoms with Gasteiger partial charge in [-0.25, -0.2) is 4.39 Å². The number of alkyl halides is 1. The van der Waals surface area contributed by atoms with Gasteiger partial charge in [-0.05, 0) is 47.5 Å². The summed E-state index contributed by atoms with van der Waals surface area (Å²) in [5, 5.41) is 0.952. The molecule has 0 radical (unpaired) electrons. The van der Waals surface area contributed by atoms with E-state index in [0.717, 1.165) is 24.0 Å². The van der Waals surface area contributed by atoms with Crippen molar-refractivity contribution in [1.29, 1.82) is 0 Å².